The van der Waals surface area contributed by atoms with Crippen LogP contribution in [0.3, 0.4) is 0 Å². The Hall–Kier alpha value is -1.28. The maximum Gasteiger partial charge on any atom is 0.344 e. The summed E-state index contributed by atoms with van der Waals surface area (Å²) >= 11 is 1.56. The lowest BCUT2D eigenvalue weighted by atomic mass is 10.2. The molecule has 1 heterocycles. The zero-order valence-corrected chi connectivity index (χ0v) is 12.1. The average molecular weight is 287 g/mol. The highest BCUT2D eigenvalue weighted by Gasteiger charge is 2.11. The Labute approximate surface area is 116 Å². The van der Waals surface area contributed by atoms with E-state index in [9.17, 15) is 9.59 Å². The molecule has 1 rings (SSSR count). The van der Waals surface area contributed by atoms with Crippen LogP contribution >= 0.6 is 11.8 Å². The number of nitrogens with one attached hydrogen (secondary N) is 2. The van der Waals surface area contributed by atoms with Crippen LogP contribution in [0.25, 0.3) is 0 Å². The number of amides is 1. The van der Waals surface area contributed by atoms with E-state index in [2.05, 4.69) is 15.6 Å². The van der Waals surface area contributed by atoms with E-state index in [1.165, 1.54) is 0 Å². The Morgan fingerprint density at radius 2 is 2.21 bits per heavy atom. The van der Waals surface area contributed by atoms with Crippen LogP contribution in [0.2, 0.25) is 0 Å². The molecule has 0 aliphatic carbocycles. The second-order valence-corrected chi connectivity index (χ2v) is 5.56. The molecule has 0 aliphatic rings. The van der Waals surface area contributed by atoms with Gasteiger partial charge in [-0.2, -0.15) is 0 Å². The number of hydrogen-bond acceptors (Lipinski definition) is 5. The van der Waals surface area contributed by atoms with Gasteiger partial charge in [0.2, 0.25) is 5.91 Å². The predicted octanol–water partition coefficient (Wildman–Crippen LogP) is 0.795. The van der Waals surface area contributed by atoms with Crippen LogP contribution in [-0.2, 0) is 4.79 Å². The van der Waals surface area contributed by atoms with Gasteiger partial charge in [0.15, 0.2) is 5.16 Å². The number of aromatic nitrogens is 3. The van der Waals surface area contributed by atoms with Gasteiger partial charge in [-0.05, 0) is 26.7 Å². The highest BCUT2D eigenvalue weighted by atomic mass is 32.2. The molecule has 0 atom stereocenters. The second kappa shape index (κ2) is 8.00. The monoisotopic (exact) mass is 287 g/mol. The van der Waals surface area contributed by atoms with Crippen molar-refractivity contribution in [2.24, 2.45) is 5.84 Å². The zero-order valence-electron chi connectivity index (χ0n) is 11.3. The summed E-state index contributed by atoms with van der Waals surface area (Å²) in [6, 6.07) is 0.0991. The van der Waals surface area contributed by atoms with Crippen LogP contribution in [0.1, 0.15) is 45.6 Å². The van der Waals surface area contributed by atoms with Crippen LogP contribution in [0.15, 0.2) is 9.95 Å². The van der Waals surface area contributed by atoms with Crippen molar-refractivity contribution in [2.45, 2.75) is 50.7 Å². The van der Waals surface area contributed by atoms with E-state index in [0.29, 0.717) is 6.42 Å². The highest BCUT2D eigenvalue weighted by molar-refractivity contribution is 7.99. The van der Waals surface area contributed by atoms with Crippen molar-refractivity contribution in [3.63, 3.8) is 0 Å². The molecular weight excluding hydrogens is 266 g/mol. The van der Waals surface area contributed by atoms with E-state index in [0.717, 1.165) is 30.2 Å². The van der Waals surface area contributed by atoms with Gasteiger partial charge in [-0.25, -0.2) is 15.7 Å². The van der Waals surface area contributed by atoms with Crippen LogP contribution in [0.5, 0.6) is 0 Å². The van der Waals surface area contributed by atoms with Crippen molar-refractivity contribution < 1.29 is 4.79 Å². The topological polar surface area (TPSA) is 106 Å². The van der Waals surface area contributed by atoms with Gasteiger partial charge in [0, 0.05) is 18.2 Å². The molecule has 1 amide bonds. The first-order chi connectivity index (χ1) is 9.06. The lowest BCUT2D eigenvalue weighted by Crippen LogP contribution is -2.29. The Morgan fingerprint density at radius 1 is 1.47 bits per heavy atom. The van der Waals surface area contributed by atoms with Gasteiger partial charge in [0.05, 0.1) is 0 Å². The molecule has 0 saturated carbocycles. The number of nitrogens with two attached hydrogens (primary N) is 1. The summed E-state index contributed by atoms with van der Waals surface area (Å²) in [5.74, 6) is 5.73. The van der Waals surface area contributed by atoms with E-state index in [4.69, 9.17) is 5.84 Å². The Balaban J connectivity index is 2.27. The molecule has 19 heavy (non-hydrogen) atoms. The fourth-order valence-corrected chi connectivity index (χ4v) is 2.72. The van der Waals surface area contributed by atoms with Gasteiger partial charge < -0.3 is 0 Å². The van der Waals surface area contributed by atoms with Gasteiger partial charge in [-0.1, -0.05) is 18.2 Å². The number of hydrogen-bond donors (Lipinski definition) is 3. The summed E-state index contributed by atoms with van der Waals surface area (Å²) < 4.78 is 1.65. The normalized spacial score (nSPS) is 10.9. The standard InChI is InChI=1S/C11H21N5O2S/c1-8(2)16-10(18)14-15-11(16)19-7-5-3-4-6-9(17)13-12/h8H,3-7,12H2,1-2H3,(H,13,17)(H,14,18). The predicted molar refractivity (Wildman–Crippen MR) is 74.8 cm³/mol. The van der Waals surface area contributed by atoms with Crippen molar-refractivity contribution >= 4 is 17.7 Å². The summed E-state index contributed by atoms with van der Waals surface area (Å²) in [5, 5.41) is 7.19. The summed E-state index contributed by atoms with van der Waals surface area (Å²) in [5.41, 5.74) is 1.94. The molecule has 8 heteroatoms. The largest absolute Gasteiger partial charge is 0.344 e. The lowest BCUT2D eigenvalue weighted by molar-refractivity contribution is -0.121. The van der Waals surface area contributed by atoms with Crippen molar-refractivity contribution in [3.05, 3.63) is 10.5 Å². The van der Waals surface area contributed by atoms with Crippen molar-refractivity contribution in [1.82, 2.24) is 20.2 Å². The molecule has 108 valence electrons. The molecule has 1 aromatic rings. The van der Waals surface area contributed by atoms with Crippen molar-refractivity contribution in [3.8, 4) is 0 Å². The third-order valence-corrected chi connectivity index (χ3v) is 3.67. The molecule has 0 aromatic carbocycles. The van der Waals surface area contributed by atoms with Gasteiger partial charge >= 0.3 is 5.69 Å². The molecular formula is C11H21N5O2S. The highest BCUT2D eigenvalue weighted by Crippen LogP contribution is 2.18. The van der Waals surface area contributed by atoms with Gasteiger partial charge in [0.1, 0.15) is 0 Å². The third kappa shape index (κ3) is 5.07. The number of aromatic amines is 1. The first kappa shape index (κ1) is 15.8. The van der Waals surface area contributed by atoms with Crippen molar-refractivity contribution in [1.29, 1.82) is 0 Å². The Morgan fingerprint density at radius 3 is 2.84 bits per heavy atom. The maximum absolute atomic E-state index is 11.5. The van der Waals surface area contributed by atoms with Crippen molar-refractivity contribution in [2.75, 3.05) is 5.75 Å². The lowest BCUT2D eigenvalue weighted by Gasteiger charge is -2.08. The van der Waals surface area contributed by atoms with E-state index in [1.807, 2.05) is 13.8 Å². The Kier molecular flexibility index (Phi) is 6.65. The molecule has 0 aliphatic heterocycles. The first-order valence-electron chi connectivity index (χ1n) is 6.35. The van der Waals surface area contributed by atoms with Crippen LogP contribution in [-0.4, -0.2) is 26.4 Å². The summed E-state index contributed by atoms with van der Waals surface area (Å²) in [6.07, 6.45) is 3.21. The van der Waals surface area contributed by atoms with E-state index in [1.54, 1.807) is 16.3 Å². The number of unbranched alkanes of at least 4 members (excludes halogenated alkanes) is 2. The number of carbonyl (C=O) groups is 1. The average Bonchev–Trinajstić information content (AvgIpc) is 2.74. The molecule has 7 nitrogen and oxygen atoms in total. The number of hydrazine groups is 1. The summed E-state index contributed by atoms with van der Waals surface area (Å²) in [6.45, 7) is 3.90. The molecule has 1 aromatic heterocycles. The number of carbonyl (C=O) groups excluding carboxylic acids is 1. The van der Waals surface area contributed by atoms with Gasteiger partial charge in [-0.3, -0.25) is 14.8 Å². The maximum atomic E-state index is 11.5. The molecule has 4 N–H and O–H groups in total. The minimum absolute atomic E-state index is 0.0991. The molecule has 0 saturated heterocycles. The van der Waals surface area contributed by atoms with Gasteiger partial charge in [-0.15, -0.1) is 5.10 Å². The second-order valence-electron chi connectivity index (χ2n) is 4.50. The number of thioether (sulfide) groups is 1. The van der Waals surface area contributed by atoms with E-state index < -0.39 is 0 Å². The molecule has 0 bridgehead atoms. The first-order valence-corrected chi connectivity index (χ1v) is 7.34. The number of nitrogens with zero attached hydrogens (tertiary/aromatic N) is 2. The number of H-pyrrole nitrogens is 1. The molecule has 0 spiro atoms. The van der Waals surface area contributed by atoms with Crippen LogP contribution < -0.4 is 17.0 Å². The Bertz CT molecular complexity index is 454. The van der Waals surface area contributed by atoms with E-state index in [-0.39, 0.29) is 17.6 Å². The van der Waals surface area contributed by atoms with Crippen LogP contribution in [0, 0.1) is 0 Å². The summed E-state index contributed by atoms with van der Waals surface area (Å²) in [4.78, 5) is 22.4. The zero-order chi connectivity index (χ0) is 14.3. The minimum Gasteiger partial charge on any atom is -0.294 e. The van der Waals surface area contributed by atoms with Gasteiger partial charge in [0.25, 0.3) is 0 Å². The smallest absolute Gasteiger partial charge is 0.294 e. The fraction of sp³-hybridized carbons (Fsp3) is 0.727. The fourth-order valence-electron chi connectivity index (χ4n) is 1.65. The minimum atomic E-state index is -0.169. The molecule has 0 unspecified atom stereocenters. The quantitative estimate of drug-likeness (QED) is 0.215. The molecule has 0 radical (unpaired) electrons. The SMILES string of the molecule is CC(C)n1c(SCCCCCC(=O)NN)n[nH]c1=O. The van der Waals surface area contributed by atoms with Crippen LogP contribution in [0.4, 0.5) is 0 Å². The third-order valence-electron chi connectivity index (χ3n) is 2.63. The molecule has 0 fully saturated rings. The van der Waals surface area contributed by atoms with E-state index >= 15 is 0 Å². The number of rotatable bonds is 8. The summed E-state index contributed by atoms with van der Waals surface area (Å²) in [7, 11) is 0.